The molecule has 2 fully saturated rings. The van der Waals surface area contributed by atoms with Crippen molar-refractivity contribution < 1.29 is 37.3 Å². The lowest BCUT2D eigenvalue weighted by atomic mass is 9.87. The second-order valence-electron chi connectivity index (χ2n) is 8.04. The summed E-state index contributed by atoms with van der Waals surface area (Å²) in [7, 11) is 0. The number of nitrogens with zero attached hydrogens (tertiary/aromatic N) is 2. The van der Waals surface area contributed by atoms with E-state index in [2.05, 4.69) is 4.98 Å². The van der Waals surface area contributed by atoms with Crippen LogP contribution in [0.2, 0.25) is 0 Å². The third-order valence-corrected chi connectivity index (χ3v) is 5.69. The van der Waals surface area contributed by atoms with Gasteiger partial charge in [-0.25, -0.2) is 4.79 Å². The molecule has 1 spiro atoms. The molecule has 1 N–H and O–H groups in total. The summed E-state index contributed by atoms with van der Waals surface area (Å²) >= 11 is 0. The fraction of sp³-hybridized carbons (Fsp3) is 0.435. The number of aliphatic carboxylic acids is 1. The van der Waals surface area contributed by atoms with E-state index in [1.165, 1.54) is 0 Å². The summed E-state index contributed by atoms with van der Waals surface area (Å²) in [6, 6.07) is 11.6. The number of pyridine rings is 1. The van der Waals surface area contributed by atoms with Crippen molar-refractivity contribution >= 4 is 11.9 Å². The number of alkyl halides is 3. The number of hydrogen-bond donors (Lipinski definition) is 1. The van der Waals surface area contributed by atoms with E-state index in [-0.39, 0.29) is 17.6 Å². The highest BCUT2D eigenvalue weighted by atomic mass is 19.4. The molecule has 1 amide bonds. The molecule has 4 rings (SSSR count). The van der Waals surface area contributed by atoms with Crippen molar-refractivity contribution in [3.05, 3.63) is 59.9 Å². The minimum atomic E-state index is -5.08. The van der Waals surface area contributed by atoms with Crippen LogP contribution in [0, 0.1) is 6.92 Å². The maximum atomic E-state index is 12.8. The van der Waals surface area contributed by atoms with E-state index in [1.54, 1.807) is 12.4 Å². The summed E-state index contributed by atoms with van der Waals surface area (Å²) in [5.41, 5.74) is 1.67. The Bertz CT molecular complexity index is 960. The lowest BCUT2D eigenvalue weighted by Crippen LogP contribution is -2.46. The standard InChI is InChI=1S/C21H24N2O3.C2HF3O2/c1-16-5-2-3-7-19(16)20(24)23-11-8-21(9-12-23)13-18(15-25-21)26-17-6-4-10-22-14-17;3-2(4,5)1(6)7/h2-7,10,14,18H,8-9,11-13,15H2,1H3;(H,6,7). The van der Waals surface area contributed by atoms with Gasteiger partial charge in [-0.3, -0.25) is 9.78 Å². The van der Waals surface area contributed by atoms with Gasteiger partial charge in [-0.1, -0.05) is 18.2 Å². The van der Waals surface area contributed by atoms with Gasteiger partial charge in [0.05, 0.1) is 18.4 Å². The van der Waals surface area contributed by atoms with E-state index in [4.69, 9.17) is 19.4 Å². The Morgan fingerprint density at radius 2 is 1.85 bits per heavy atom. The van der Waals surface area contributed by atoms with Crippen LogP contribution in [0.4, 0.5) is 13.2 Å². The van der Waals surface area contributed by atoms with Gasteiger partial charge in [0.25, 0.3) is 5.91 Å². The first-order valence-electron chi connectivity index (χ1n) is 10.5. The number of carbonyl (C=O) groups excluding carboxylic acids is 1. The molecule has 2 aliphatic rings. The number of aromatic nitrogens is 1. The first-order chi connectivity index (χ1) is 15.6. The zero-order valence-electron chi connectivity index (χ0n) is 18.0. The number of carboxylic acids is 1. The summed E-state index contributed by atoms with van der Waals surface area (Å²) < 4.78 is 43.9. The summed E-state index contributed by atoms with van der Waals surface area (Å²) in [4.78, 5) is 27.7. The van der Waals surface area contributed by atoms with Crippen molar-refractivity contribution in [1.29, 1.82) is 0 Å². The van der Waals surface area contributed by atoms with E-state index < -0.39 is 12.1 Å². The third-order valence-electron chi connectivity index (χ3n) is 5.69. The SMILES string of the molecule is Cc1ccccc1C(=O)N1CCC2(CC1)CC(Oc1cccnc1)CO2.O=C(O)C(F)(F)F. The summed E-state index contributed by atoms with van der Waals surface area (Å²) in [5.74, 6) is -1.85. The number of amides is 1. The van der Waals surface area contributed by atoms with Crippen molar-refractivity contribution in [3.8, 4) is 5.75 Å². The first kappa shape index (κ1) is 24.5. The normalized spacial score (nSPS) is 19.5. The molecule has 0 saturated carbocycles. The zero-order chi connectivity index (χ0) is 24.1. The highest BCUT2D eigenvalue weighted by Crippen LogP contribution is 2.37. The van der Waals surface area contributed by atoms with Gasteiger partial charge in [-0.05, 0) is 43.5 Å². The molecule has 1 aromatic heterocycles. The number of carboxylic acid groups (broad SMARTS) is 1. The van der Waals surface area contributed by atoms with Gasteiger partial charge in [0.1, 0.15) is 11.9 Å². The van der Waals surface area contributed by atoms with Crippen LogP contribution in [0.1, 0.15) is 35.2 Å². The van der Waals surface area contributed by atoms with Crippen molar-refractivity contribution in [2.45, 2.75) is 44.1 Å². The van der Waals surface area contributed by atoms with Gasteiger partial charge in [-0.2, -0.15) is 13.2 Å². The Kier molecular flexibility index (Phi) is 7.57. The molecule has 2 aliphatic heterocycles. The summed E-state index contributed by atoms with van der Waals surface area (Å²) in [6.45, 7) is 4.04. The lowest BCUT2D eigenvalue weighted by Gasteiger charge is -2.38. The number of benzene rings is 1. The van der Waals surface area contributed by atoms with E-state index in [9.17, 15) is 18.0 Å². The molecule has 7 nitrogen and oxygen atoms in total. The van der Waals surface area contributed by atoms with Crippen molar-refractivity contribution in [2.24, 2.45) is 0 Å². The molecule has 1 aromatic carbocycles. The van der Waals surface area contributed by atoms with Crippen LogP contribution in [0.25, 0.3) is 0 Å². The molecule has 33 heavy (non-hydrogen) atoms. The van der Waals surface area contributed by atoms with Crippen LogP contribution in [0.5, 0.6) is 5.75 Å². The molecular formula is C23H25F3N2O5. The maximum Gasteiger partial charge on any atom is 0.490 e. The maximum absolute atomic E-state index is 12.8. The van der Waals surface area contributed by atoms with E-state index in [0.29, 0.717) is 6.61 Å². The minimum absolute atomic E-state index is 0.0535. The predicted molar refractivity (Wildman–Crippen MR) is 112 cm³/mol. The largest absolute Gasteiger partial charge is 0.490 e. The van der Waals surface area contributed by atoms with Gasteiger partial charge in [0, 0.05) is 31.3 Å². The second-order valence-corrected chi connectivity index (χ2v) is 8.04. The third kappa shape index (κ3) is 6.44. The molecule has 0 bridgehead atoms. The highest BCUT2D eigenvalue weighted by Gasteiger charge is 2.44. The van der Waals surface area contributed by atoms with Gasteiger partial charge < -0.3 is 19.5 Å². The Balaban J connectivity index is 0.000000383. The molecule has 2 saturated heterocycles. The Morgan fingerprint density at radius 1 is 1.18 bits per heavy atom. The van der Waals surface area contributed by atoms with E-state index >= 15 is 0 Å². The first-order valence-corrected chi connectivity index (χ1v) is 10.5. The molecule has 10 heteroatoms. The van der Waals surface area contributed by atoms with Gasteiger partial charge in [0.15, 0.2) is 0 Å². The number of piperidine rings is 1. The van der Waals surface area contributed by atoms with Gasteiger partial charge >= 0.3 is 12.1 Å². The van der Waals surface area contributed by atoms with Crippen molar-refractivity contribution in [2.75, 3.05) is 19.7 Å². The fourth-order valence-electron chi connectivity index (χ4n) is 3.94. The van der Waals surface area contributed by atoms with Crippen LogP contribution in [0.3, 0.4) is 0 Å². The smallest absolute Gasteiger partial charge is 0.486 e. The minimum Gasteiger partial charge on any atom is -0.486 e. The van der Waals surface area contributed by atoms with Crippen molar-refractivity contribution in [1.82, 2.24) is 9.88 Å². The van der Waals surface area contributed by atoms with Crippen LogP contribution < -0.4 is 4.74 Å². The van der Waals surface area contributed by atoms with Gasteiger partial charge in [-0.15, -0.1) is 0 Å². The molecular weight excluding hydrogens is 441 g/mol. The van der Waals surface area contributed by atoms with Crippen molar-refractivity contribution in [3.63, 3.8) is 0 Å². The summed E-state index contributed by atoms with van der Waals surface area (Å²) in [6.07, 6.45) is 1.02. The van der Waals surface area contributed by atoms with Crippen LogP contribution in [-0.2, 0) is 9.53 Å². The quantitative estimate of drug-likeness (QED) is 0.739. The van der Waals surface area contributed by atoms with Crippen LogP contribution >= 0.6 is 0 Å². The predicted octanol–water partition coefficient (Wildman–Crippen LogP) is 3.87. The molecule has 178 valence electrons. The molecule has 0 aliphatic carbocycles. The average molecular weight is 466 g/mol. The molecule has 3 heterocycles. The Morgan fingerprint density at radius 3 is 2.42 bits per heavy atom. The second kappa shape index (κ2) is 10.2. The Labute approximate surface area is 189 Å². The highest BCUT2D eigenvalue weighted by molar-refractivity contribution is 5.95. The topological polar surface area (TPSA) is 89.0 Å². The number of aryl methyl sites for hydroxylation is 1. The van der Waals surface area contributed by atoms with E-state index in [0.717, 1.165) is 49.2 Å². The Hall–Kier alpha value is -3.14. The number of likely N-dealkylation sites (tertiary alicyclic amines) is 1. The van der Waals surface area contributed by atoms with Crippen LogP contribution in [-0.4, -0.2) is 64.4 Å². The zero-order valence-corrected chi connectivity index (χ0v) is 18.0. The molecule has 0 radical (unpaired) electrons. The number of hydrogen-bond acceptors (Lipinski definition) is 5. The number of ether oxygens (including phenoxy) is 2. The lowest BCUT2D eigenvalue weighted by molar-refractivity contribution is -0.192. The monoisotopic (exact) mass is 466 g/mol. The molecule has 2 aromatic rings. The number of rotatable bonds is 3. The molecule has 1 unspecified atom stereocenters. The van der Waals surface area contributed by atoms with Crippen LogP contribution in [0.15, 0.2) is 48.8 Å². The molecule has 1 atom stereocenters. The number of halogens is 3. The average Bonchev–Trinajstić information content (AvgIpc) is 3.16. The van der Waals surface area contributed by atoms with E-state index in [1.807, 2.05) is 48.2 Å². The number of carbonyl (C=O) groups is 2. The fourth-order valence-corrected chi connectivity index (χ4v) is 3.94. The summed E-state index contributed by atoms with van der Waals surface area (Å²) in [5, 5.41) is 7.12. The van der Waals surface area contributed by atoms with Gasteiger partial charge in [0.2, 0.25) is 0 Å².